The first-order valence-electron chi connectivity index (χ1n) is 7.74. The summed E-state index contributed by atoms with van der Waals surface area (Å²) in [6.45, 7) is 2.36. The zero-order valence-corrected chi connectivity index (χ0v) is 16.4. The number of thioether (sulfide) groups is 1. The van der Waals surface area contributed by atoms with Crippen molar-refractivity contribution in [2.24, 2.45) is 0 Å². The van der Waals surface area contributed by atoms with Crippen molar-refractivity contribution in [3.8, 4) is 5.69 Å². The minimum absolute atomic E-state index is 0.0319. The molecule has 3 aromatic rings. The van der Waals surface area contributed by atoms with Crippen molar-refractivity contribution in [3.05, 3.63) is 64.8 Å². The van der Waals surface area contributed by atoms with Gasteiger partial charge in [-0.25, -0.2) is 4.98 Å². The van der Waals surface area contributed by atoms with Gasteiger partial charge >= 0.3 is 0 Å². The second-order valence-corrected chi connectivity index (χ2v) is 7.47. The van der Waals surface area contributed by atoms with E-state index in [0.29, 0.717) is 12.3 Å². The average molecular weight is 420 g/mol. The molecule has 0 atom stereocenters. The molecule has 0 aliphatic rings. The molecule has 0 spiro atoms. The first-order chi connectivity index (χ1) is 12.0. The van der Waals surface area contributed by atoms with Crippen molar-refractivity contribution in [2.45, 2.75) is 18.6 Å². The highest BCUT2D eigenvalue weighted by Crippen LogP contribution is 2.22. The molecule has 7 heteroatoms. The molecular weight excluding hydrogens is 402 g/mol. The predicted molar refractivity (Wildman–Crippen MR) is 102 cm³/mol. The van der Waals surface area contributed by atoms with Crippen molar-refractivity contribution in [1.29, 1.82) is 0 Å². The summed E-state index contributed by atoms with van der Waals surface area (Å²) < 4.78 is 8.52. The molecule has 1 amide bonds. The summed E-state index contributed by atoms with van der Waals surface area (Å²) in [6, 6.07) is 11.8. The Morgan fingerprint density at radius 2 is 2.04 bits per heavy atom. The van der Waals surface area contributed by atoms with Gasteiger partial charge in [0.1, 0.15) is 11.5 Å². The highest BCUT2D eigenvalue weighted by atomic mass is 79.9. The van der Waals surface area contributed by atoms with Gasteiger partial charge in [0.25, 0.3) is 0 Å². The molecule has 25 heavy (non-hydrogen) atoms. The quantitative estimate of drug-likeness (QED) is 0.559. The van der Waals surface area contributed by atoms with Crippen LogP contribution in [0.4, 0.5) is 0 Å². The highest BCUT2D eigenvalue weighted by molar-refractivity contribution is 9.10. The van der Waals surface area contributed by atoms with Gasteiger partial charge in [0.15, 0.2) is 5.16 Å². The molecule has 0 unspecified atom stereocenters. The van der Waals surface area contributed by atoms with Crippen LogP contribution in [0.3, 0.4) is 0 Å². The van der Waals surface area contributed by atoms with E-state index in [-0.39, 0.29) is 5.91 Å². The molecule has 1 aromatic carbocycles. The molecule has 0 saturated heterocycles. The Balaban J connectivity index is 1.61. The Labute approximate surface area is 159 Å². The third-order valence-corrected chi connectivity index (χ3v) is 5.13. The third-order valence-electron chi connectivity index (χ3n) is 3.65. The lowest BCUT2D eigenvalue weighted by atomic mass is 10.3. The maximum absolute atomic E-state index is 12.4. The molecule has 0 aliphatic carbocycles. The molecule has 0 radical (unpaired) electrons. The molecule has 0 aliphatic heterocycles. The standard InChI is InChI=1S/C18H18BrN3O2S/c1-13-3-8-16(24-13)11-21(2)17(23)12-25-18-20-9-10-22(18)15-6-4-14(19)5-7-15/h3-10H,11-12H2,1-2H3. The van der Waals surface area contributed by atoms with Gasteiger partial charge in [-0.05, 0) is 43.3 Å². The van der Waals surface area contributed by atoms with Crippen LogP contribution in [0, 0.1) is 6.92 Å². The lowest BCUT2D eigenvalue weighted by Crippen LogP contribution is -2.27. The first kappa shape index (κ1) is 17.8. The number of hydrogen-bond donors (Lipinski definition) is 0. The Hall–Kier alpha value is -1.99. The van der Waals surface area contributed by atoms with Crippen LogP contribution in [0.5, 0.6) is 0 Å². The maximum Gasteiger partial charge on any atom is 0.233 e. The number of carbonyl (C=O) groups is 1. The smallest absolute Gasteiger partial charge is 0.233 e. The first-order valence-corrected chi connectivity index (χ1v) is 9.52. The van der Waals surface area contributed by atoms with Gasteiger partial charge in [-0.2, -0.15) is 0 Å². The van der Waals surface area contributed by atoms with Gasteiger partial charge in [-0.3, -0.25) is 9.36 Å². The number of hydrogen-bond acceptors (Lipinski definition) is 4. The van der Waals surface area contributed by atoms with Crippen molar-refractivity contribution in [2.75, 3.05) is 12.8 Å². The number of aryl methyl sites for hydroxylation is 1. The number of nitrogens with zero attached hydrogens (tertiary/aromatic N) is 3. The van der Waals surface area contributed by atoms with Gasteiger partial charge in [0.2, 0.25) is 5.91 Å². The average Bonchev–Trinajstić information content (AvgIpc) is 3.22. The van der Waals surface area contributed by atoms with E-state index in [4.69, 9.17) is 4.42 Å². The molecule has 0 bridgehead atoms. The van der Waals surface area contributed by atoms with E-state index in [1.807, 2.05) is 54.1 Å². The Morgan fingerprint density at radius 3 is 2.72 bits per heavy atom. The topological polar surface area (TPSA) is 51.3 Å². The van der Waals surface area contributed by atoms with Gasteiger partial charge in [0, 0.05) is 29.6 Å². The fraction of sp³-hybridized carbons (Fsp3) is 0.222. The minimum Gasteiger partial charge on any atom is -0.464 e. The summed E-state index contributed by atoms with van der Waals surface area (Å²) >= 11 is 4.86. The van der Waals surface area contributed by atoms with Crippen LogP contribution >= 0.6 is 27.7 Å². The maximum atomic E-state index is 12.4. The summed E-state index contributed by atoms with van der Waals surface area (Å²) in [5.41, 5.74) is 1.01. The van der Waals surface area contributed by atoms with E-state index in [0.717, 1.165) is 26.8 Å². The number of benzene rings is 1. The van der Waals surface area contributed by atoms with Crippen LogP contribution in [0.25, 0.3) is 5.69 Å². The number of amides is 1. The molecule has 2 aromatic heterocycles. The monoisotopic (exact) mass is 419 g/mol. The lowest BCUT2D eigenvalue weighted by molar-refractivity contribution is -0.127. The van der Waals surface area contributed by atoms with E-state index < -0.39 is 0 Å². The summed E-state index contributed by atoms with van der Waals surface area (Å²) in [7, 11) is 1.78. The number of aromatic nitrogens is 2. The summed E-state index contributed by atoms with van der Waals surface area (Å²) in [5, 5.41) is 0.790. The van der Waals surface area contributed by atoms with Crippen LogP contribution in [0.15, 0.2) is 62.8 Å². The van der Waals surface area contributed by atoms with E-state index in [1.54, 1.807) is 18.1 Å². The second kappa shape index (κ2) is 7.93. The lowest BCUT2D eigenvalue weighted by Gasteiger charge is -2.15. The summed E-state index contributed by atoms with van der Waals surface area (Å²) in [5.74, 6) is 1.99. The van der Waals surface area contributed by atoms with Crippen molar-refractivity contribution in [1.82, 2.24) is 14.5 Å². The Bertz CT molecular complexity index is 857. The molecule has 2 heterocycles. The molecule has 0 saturated carbocycles. The second-order valence-electron chi connectivity index (χ2n) is 5.61. The van der Waals surface area contributed by atoms with Crippen LogP contribution in [-0.2, 0) is 11.3 Å². The number of imidazole rings is 1. The third kappa shape index (κ3) is 4.55. The van der Waals surface area contributed by atoms with E-state index in [1.165, 1.54) is 11.8 Å². The molecule has 0 fully saturated rings. The number of rotatable bonds is 6. The molecule has 5 nitrogen and oxygen atoms in total. The minimum atomic E-state index is 0.0319. The molecule has 130 valence electrons. The van der Waals surface area contributed by atoms with Gasteiger partial charge in [-0.15, -0.1) is 0 Å². The van der Waals surface area contributed by atoms with Crippen LogP contribution in [-0.4, -0.2) is 33.2 Å². The normalized spacial score (nSPS) is 10.8. The van der Waals surface area contributed by atoms with Gasteiger partial charge in [0.05, 0.1) is 12.3 Å². The fourth-order valence-electron chi connectivity index (χ4n) is 2.32. The number of furan rings is 1. The zero-order valence-electron chi connectivity index (χ0n) is 14.0. The molecular formula is C18H18BrN3O2S. The summed E-state index contributed by atoms with van der Waals surface area (Å²) in [4.78, 5) is 18.4. The Morgan fingerprint density at radius 1 is 1.28 bits per heavy atom. The SMILES string of the molecule is Cc1ccc(CN(C)C(=O)CSc2nccn2-c2ccc(Br)cc2)o1. The molecule has 0 N–H and O–H groups in total. The fourth-order valence-corrected chi connectivity index (χ4v) is 3.50. The van der Waals surface area contributed by atoms with E-state index >= 15 is 0 Å². The van der Waals surface area contributed by atoms with Crippen LogP contribution in [0.2, 0.25) is 0 Å². The molecule has 3 rings (SSSR count). The van der Waals surface area contributed by atoms with Crippen LogP contribution < -0.4 is 0 Å². The van der Waals surface area contributed by atoms with E-state index in [2.05, 4.69) is 20.9 Å². The van der Waals surface area contributed by atoms with E-state index in [9.17, 15) is 4.79 Å². The van der Waals surface area contributed by atoms with Gasteiger partial charge in [-0.1, -0.05) is 27.7 Å². The van der Waals surface area contributed by atoms with Gasteiger partial charge < -0.3 is 9.32 Å². The largest absolute Gasteiger partial charge is 0.464 e. The van der Waals surface area contributed by atoms with Crippen LogP contribution in [0.1, 0.15) is 11.5 Å². The predicted octanol–water partition coefficient (Wildman–Crippen LogP) is 4.29. The highest BCUT2D eigenvalue weighted by Gasteiger charge is 2.14. The Kier molecular flexibility index (Phi) is 5.65. The number of halogens is 1. The van der Waals surface area contributed by atoms with Crippen molar-refractivity contribution in [3.63, 3.8) is 0 Å². The summed E-state index contributed by atoms with van der Waals surface area (Å²) in [6.07, 6.45) is 3.63. The number of carbonyl (C=O) groups excluding carboxylic acids is 1. The van der Waals surface area contributed by atoms with Crippen molar-refractivity contribution >= 4 is 33.6 Å². The van der Waals surface area contributed by atoms with Crippen molar-refractivity contribution < 1.29 is 9.21 Å². The zero-order chi connectivity index (χ0) is 17.8.